The van der Waals surface area contributed by atoms with Gasteiger partial charge in [-0.1, -0.05) is 176 Å². The topological polar surface area (TPSA) is 13.1 Å². The summed E-state index contributed by atoms with van der Waals surface area (Å²) in [6.07, 6.45) is 0. The van der Waals surface area contributed by atoms with Crippen molar-refractivity contribution < 1.29 is 15.4 Å². The van der Waals surface area contributed by atoms with Gasteiger partial charge in [0, 0.05) is 16.2 Å². The van der Waals surface area contributed by atoms with Gasteiger partial charge in [0.05, 0.1) is 11.0 Å². The molecule has 0 aliphatic heterocycles. The number of hydrogen-bond acceptors (Lipinski definition) is 1. The van der Waals surface area contributed by atoms with Crippen molar-refractivity contribution in [1.29, 1.82) is 0 Å². The van der Waals surface area contributed by atoms with E-state index in [4.69, 9.17) is 9.90 Å². The third-order valence-electron chi connectivity index (χ3n) is 11.5. The van der Waals surface area contributed by atoms with Crippen LogP contribution in [0.4, 0.5) is 0 Å². The van der Waals surface area contributed by atoms with Crippen LogP contribution in [0.2, 0.25) is 0 Å². The van der Waals surface area contributed by atoms with Gasteiger partial charge in [-0.3, -0.25) is 0 Å². The second-order valence-electron chi connectivity index (χ2n) is 14.6. The molecule has 0 amide bonds. The smallest absolute Gasteiger partial charge is 0.143 e. The molecule has 0 bridgehead atoms. The molecule has 1 heteroatoms. The van der Waals surface area contributed by atoms with Crippen LogP contribution in [0, 0.1) is 0 Å². The molecule has 0 fully saturated rings. The molecule has 0 radical (unpaired) electrons. The third kappa shape index (κ3) is 4.96. The summed E-state index contributed by atoms with van der Waals surface area (Å²) < 4.78 is 80.3. The van der Waals surface area contributed by atoms with Crippen molar-refractivity contribution >= 4 is 75.8 Å². The van der Waals surface area contributed by atoms with Crippen LogP contribution in [0.15, 0.2) is 210 Å². The Labute approximate surface area is 340 Å². The van der Waals surface area contributed by atoms with E-state index in [9.17, 15) is 5.48 Å². The molecule has 0 atom stereocenters. The summed E-state index contributed by atoms with van der Waals surface area (Å²) in [5.74, 6) is 0. The Hall–Kier alpha value is -7.48. The molecule has 12 rings (SSSR count). The highest BCUT2D eigenvalue weighted by Crippen LogP contribution is 2.46. The first-order valence-electron chi connectivity index (χ1n) is 23.0. The SMILES string of the molecule is [2H]c1c([2H])c([2H])c2c(-c3ccc4c(c3)oc3c5ccccc5ccc43)c3c([2H])c([2H])c([2H])c([2H])c3c(-c3ccc4c(ccc5ccc(-c6ccccc6-c6ccccc6)cc54)c3)c2c1[2H]. The van der Waals surface area contributed by atoms with Crippen molar-refractivity contribution in [3.8, 4) is 44.5 Å². The lowest BCUT2D eigenvalue weighted by atomic mass is 9.85. The Kier molecular flexibility index (Phi) is 5.46. The van der Waals surface area contributed by atoms with Gasteiger partial charge in [0.1, 0.15) is 11.2 Å². The van der Waals surface area contributed by atoms with E-state index in [-0.39, 0.29) is 51.3 Å². The highest BCUT2D eigenvalue weighted by Gasteiger charge is 2.19. The van der Waals surface area contributed by atoms with Crippen LogP contribution in [-0.4, -0.2) is 0 Å². The number of benzene rings is 11. The van der Waals surface area contributed by atoms with Gasteiger partial charge in [0.25, 0.3) is 0 Å². The van der Waals surface area contributed by atoms with Crippen molar-refractivity contribution in [3.05, 3.63) is 206 Å². The zero-order valence-corrected chi connectivity index (χ0v) is 30.4. The van der Waals surface area contributed by atoms with Gasteiger partial charge < -0.3 is 4.42 Å². The zero-order valence-electron chi connectivity index (χ0n) is 38.4. The fourth-order valence-electron chi connectivity index (χ4n) is 8.85. The average molecular weight is 731 g/mol. The van der Waals surface area contributed by atoms with Gasteiger partial charge in [0.2, 0.25) is 0 Å². The summed E-state index contributed by atoms with van der Waals surface area (Å²) in [4.78, 5) is 0. The van der Waals surface area contributed by atoms with Gasteiger partial charge in [-0.2, -0.15) is 0 Å². The summed E-state index contributed by atoms with van der Waals surface area (Å²) in [5.41, 5.74) is 7.28. The van der Waals surface area contributed by atoms with E-state index in [0.29, 0.717) is 27.9 Å². The number of rotatable bonds is 4. The first-order valence-corrected chi connectivity index (χ1v) is 19.0. The molecule has 0 aliphatic rings. The second kappa shape index (κ2) is 12.5. The molecule has 1 aromatic heterocycles. The van der Waals surface area contributed by atoms with E-state index in [0.717, 1.165) is 65.3 Å². The first kappa shape index (κ1) is 24.8. The molecule has 0 saturated carbocycles. The molecule has 12 aromatic rings. The van der Waals surface area contributed by atoms with E-state index in [2.05, 4.69) is 48.5 Å². The van der Waals surface area contributed by atoms with Crippen LogP contribution in [0.5, 0.6) is 0 Å². The number of fused-ring (bicyclic) bond motifs is 10. The summed E-state index contributed by atoms with van der Waals surface area (Å²) in [6, 6.07) is 49.7. The summed E-state index contributed by atoms with van der Waals surface area (Å²) in [7, 11) is 0. The molecule has 57 heavy (non-hydrogen) atoms. The summed E-state index contributed by atoms with van der Waals surface area (Å²) in [5, 5.41) is 8.27. The maximum Gasteiger partial charge on any atom is 0.143 e. The standard InChI is InChI=1S/C56H34O/c1-2-12-35(13-3-1)42-15-6-7-16-43(42)39-25-23-37-22-24-38-32-40(27-29-44(38)52(37)33-39)54-47-18-8-10-20-49(47)55(50-21-11-9-19-48(50)54)41-28-30-46-51-31-26-36-14-4-5-17-45(36)56(51)57-53(46)34-41/h1-34H/i8D,9D,10D,11D,18D,19D,20D,21D. The van der Waals surface area contributed by atoms with Gasteiger partial charge in [0.15, 0.2) is 0 Å². The van der Waals surface area contributed by atoms with Crippen LogP contribution in [0.1, 0.15) is 11.0 Å². The number of furan rings is 1. The van der Waals surface area contributed by atoms with Crippen molar-refractivity contribution in [2.45, 2.75) is 0 Å². The molecule has 0 spiro atoms. The van der Waals surface area contributed by atoms with Crippen LogP contribution in [-0.2, 0) is 0 Å². The molecular formula is C56H34O. The Morgan fingerprint density at radius 2 is 0.842 bits per heavy atom. The summed E-state index contributed by atoms with van der Waals surface area (Å²) in [6.45, 7) is 0. The molecule has 1 heterocycles. The monoisotopic (exact) mass is 730 g/mol. The minimum absolute atomic E-state index is 0.157. The highest BCUT2D eigenvalue weighted by atomic mass is 16.3. The molecule has 0 aliphatic carbocycles. The largest absolute Gasteiger partial charge is 0.455 e. The first-order chi connectivity index (χ1) is 31.6. The molecule has 0 saturated heterocycles. The normalized spacial score (nSPS) is 13.8. The molecular weight excluding hydrogens is 689 g/mol. The Bertz CT molecular complexity index is 3960. The minimum Gasteiger partial charge on any atom is -0.455 e. The lowest BCUT2D eigenvalue weighted by Crippen LogP contribution is -1.91. The predicted octanol–water partition coefficient (Wildman–Crippen LogP) is 16.0. The van der Waals surface area contributed by atoms with Gasteiger partial charge in [-0.15, -0.1) is 0 Å². The number of hydrogen-bond donors (Lipinski definition) is 0. The highest BCUT2D eigenvalue weighted by molar-refractivity contribution is 6.23. The lowest BCUT2D eigenvalue weighted by Gasteiger charge is -2.18. The molecule has 1 nitrogen and oxygen atoms in total. The predicted molar refractivity (Wildman–Crippen MR) is 243 cm³/mol. The van der Waals surface area contributed by atoms with Crippen molar-refractivity contribution in [3.63, 3.8) is 0 Å². The maximum absolute atomic E-state index is 9.51. The van der Waals surface area contributed by atoms with Crippen molar-refractivity contribution in [2.75, 3.05) is 0 Å². The van der Waals surface area contributed by atoms with Crippen molar-refractivity contribution in [2.24, 2.45) is 0 Å². The van der Waals surface area contributed by atoms with Crippen LogP contribution in [0.25, 0.3) is 120 Å². The molecule has 0 N–H and O–H groups in total. The quantitative estimate of drug-likeness (QED) is 0.130. The van der Waals surface area contributed by atoms with Gasteiger partial charge in [-0.05, 0) is 123 Å². The van der Waals surface area contributed by atoms with E-state index in [1.54, 1.807) is 0 Å². The zero-order chi connectivity index (χ0) is 44.4. The minimum atomic E-state index is -0.444. The second-order valence-corrected chi connectivity index (χ2v) is 14.6. The van der Waals surface area contributed by atoms with E-state index in [1.807, 2.05) is 109 Å². The lowest BCUT2D eigenvalue weighted by molar-refractivity contribution is 0.673. The van der Waals surface area contributed by atoms with E-state index in [1.165, 1.54) is 0 Å². The molecule has 11 aromatic carbocycles. The van der Waals surface area contributed by atoms with Crippen LogP contribution in [0.3, 0.4) is 0 Å². The fourth-order valence-corrected chi connectivity index (χ4v) is 8.85. The van der Waals surface area contributed by atoms with Crippen molar-refractivity contribution in [1.82, 2.24) is 0 Å². The van der Waals surface area contributed by atoms with E-state index >= 15 is 0 Å². The summed E-state index contributed by atoms with van der Waals surface area (Å²) >= 11 is 0. The van der Waals surface area contributed by atoms with Gasteiger partial charge >= 0.3 is 0 Å². The van der Waals surface area contributed by atoms with Crippen LogP contribution < -0.4 is 0 Å². The third-order valence-corrected chi connectivity index (χ3v) is 11.5. The molecule has 0 unspecified atom stereocenters. The Morgan fingerprint density at radius 3 is 1.58 bits per heavy atom. The van der Waals surface area contributed by atoms with E-state index < -0.39 is 24.2 Å². The maximum atomic E-state index is 9.51. The fraction of sp³-hybridized carbons (Fsp3) is 0. The Morgan fingerprint density at radius 1 is 0.316 bits per heavy atom. The van der Waals surface area contributed by atoms with Crippen LogP contribution >= 0.6 is 0 Å². The molecule has 264 valence electrons. The average Bonchev–Trinajstić information content (AvgIpc) is 3.73. The van der Waals surface area contributed by atoms with Gasteiger partial charge in [-0.25, -0.2) is 0 Å². The Balaban J connectivity index is 1.14.